The van der Waals surface area contributed by atoms with Crippen LogP contribution in [0.15, 0.2) is 106 Å². The van der Waals surface area contributed by atoms with E-state index in [0.717, 1.165) is 17.7 Å². The van der Waals surface area contributed by atoms with Crippen LogP contribution in [-0.2, 0) is 13.1 Å². The first-order valence-corrected chi connectivity index (χ1v) is 17.8. The fraction of sp³-hybridized carbons (Fsp3) is 0.158. The van der Waals surface area contributed by atoms with Gasteiger partial charge in [0, 0.05) is 28.9 Å². The smallest absolute Gasteiger partial charge is 0.406 e. The number of nitrogen functional groups attached to an aromatic ring is 1. The second-order valence-electron chi connectivity index (χ2n) is 12.9. The van der Waals surface area contributed by atoms with Crippen molar-refractivity contribution in [3.05, 3.63) is 130 Å². The molecule has 0 aliphatic heterocycles. The van der Waals surface area contributed by atoms with E-state index in [1.165, 1.54) is 53.2 Å². The van der Waals surface area contributed by atoms with Crippen molar-refractivity contribution in [3.63, 3.8) is 0 Å². The first-order chi connectivity index (χ1) is 29.4. The first kappa shape index (κ1) is 42.0. The van der Waals surface area contributed by atoms with Gasteiger partial charge in [0.15, 0.2) is 0 Å². The predicted octanol–water partition coefficient (Wildman–Crippen LogP) is 7.99. The molecular weight excluding hydrogens is 834 g/mol. The third-order valence-electron chi connectivity index (χ3n) is 8.38. The van der Waals surface area contributed by atoms with Crippen LogP contribution in [0.1, 0.15) is 22.8 Å². The van der Waals surface area contributed by atoms with Crippen LogP contribution in [0.3, 0.4) is 0 Å². The van der Waals surface area contributed by atoms with Crippen molar-refractivity contribution in [1.82, 2.24) is 49.8 Å². The average molecular weight is 863 g/mol. The van der Waals surface area contributed by atoms with Crippen LogP contribution >= 0.6 is 0 Å². The number of anilines is 1. The third-order valence-corrected chi connectivity index (χ3v) is 8.38. The van der Waals surface area contributed by atoms with Gasteiger partial charge in [0.2, 0.25) is 23.3 Å². The van der Waals surface area contributed by atoms with Crippen LogP contribution in [0.4, 0.5) is 37.7 Å². The van der Waals surface area contributed by atoms with Crippen LogP contribution in [0.25, 0.3) is 46.2 Å². The lowest BCUT2D eigenvalue weighted by Crippen LogP contribution is -2.16. The van der Waals surface area contributed by atoms with Gasteiger partial charge in [-0.2, -0.15) is 9.97 Å². The fourth-order valence-corrected chi connectivity index (χ4v) is 5.60. The summed E-state index contributed by atoms with van der Waals surface area (Å²) in [7, 11) is 0. The Balaban J connectivity index is 0.000000187. The van der Waals surface area contributed by atoms with E-state index < -0.39 is 17.6 Å². The largest absolute Gasteiger partial charge is 0.573 e. The molecule has 4 aromatic carbocycles. The van der Waals surface area contributed by atoms with E-state index in [4.69, 9.17) is 14.8 Å². The monoisotopic (exact) mass is 862 g/mol. The van der Waals surface area contributed by atoms with Crippen molar-refractivity contribution in [1.29, 1.82) is 0 Å². The minimum absolute atomic E-state index is 0.0107. The summed E-state index contributed by atoms with van der Waals surface area (Å²) in [4.78, 5) is 27.5. The number of non-ortho nitro benzene ring substituents is 1. The molecule has 0 saturated heterocycles. The maximum atomic E-state index is 12.3. The molecule has 18 nitrogen and oxygen atoms in total. The average Bonchev–Trinajstić information content (AvgIpc) is 4.03. The summed E-state index contributed by atoms with van der Waals surface area (Å²) in [5.41, 5.74) is 8.90. The Bertz CT molecular complexity index is 2820. The molecular formula is C38H28F6N12O6. The Morgan fingerprint density at radius 1 is 0.629 bits per heavy atom. The van der Waals surface area contributed by atoms with Crippen LogP contribution < -0.4 is 15.2 Å². The summed E-state index contributed by atoms with van der Waals surface area (Å²) < 4.78 is 94.9. The quantitative estimate of drug-likeness (QED) is 0.0562. The van der Waals surface area contributed by atoms with Gasteiger partial charge in [0.05, 0.1) is 18.0 Å². The van der Waals surface area contributed by atoms with Crippen molar-refractivity contribution < 1.29 is 49.8 Å². The third kappa shape index (κ3) is 10.7. The maximum Gasteiger partial charge on any atom is 0.573 e. The maximum absolute atomic E-state index is 12.3. The number of benzene rings is 4. The molecule has 0 bridgehead atoms. The second-order valence-corrected chi connectivity index (χ2v) is 12.9. The van der Waals surface area contributed by atoms with E-state index in [0.29, 0.717) is 40.6 Å². The Morgan fingerprint density at radius 2 is 1.06 bits per heavy atom. The summed E-state index contributed by atoms with van der Waals surface area (Å²) in [5, 5.41) is 27.3. The molecule has 0 radical (unpaired) electrons. The van der Waals surface area contributed by atoms with Gasteiger partial charge in [-0.05, 0) is 85.6 Å². The minimum Gasteiger partial charge on any atom is -0.406 e. The second kappa shape index (κ2) is 17.2. The van der Waals surface area contributed by atoms with Gasteiger partial charge in [-0.3, -0.25) is 10.1 Å². The van der Waals surface area contributed by atoms with Gasteiger partial charge in [-0.15, -0.1) is 36.5 Å². The minimum atomic E-state index is -4.78. The zero-order chi connectivity index (χ0) is 44.2. The highest BCUT2D eigenvalue weighted by molar-refractivity contribution is 5.59. The van der Waals surface area contributed by atoms with Crippen molar-refractivity contribution in [2.45, 2.75) is 39.7 Å². The predicted molar refractivity (Wildman–Crippen MR) is 202 cm³/mol. The molecule has 8 aromatic rings. The topological polar surface area (TPSA) is 227 Å². The summed E-state index contributed by atoms with van der Waals surface area (Å²) in [6, 6.07) is 23.7. The molecule has 8 rings (SSSR count). The number of hydrogen-bond acceptors (Lipinski definition) is 15. The molecule has 0 atom stereocenters. The van der Waals surface area contributed by atoms with Crippen LogP contribution in [0.5, 0.6) is 11.5 Å². The summed E-state index contributed by atoms with van der Waals surface area (Å²) in [6.07, 6.45) is -9.54. The molecule has 2 N–H and O–H groups in total. The van der Waals surface area contributed by atoms with Crippen LogP contribution in [0.2, 0.25) is 0 Å². The number of halogens is 6. The Kier molecular flexibility index (Phi) is 11.6. The lowest BCUT2D eigenvalue weighted by atomic mass is 10.2. The molecule has 0 spiro atoms. The van der Waals surface area contributed by atoms with E-state index in [-0.39, 0.29) is 58.8 Å². The first-order valence-electron chi connectivity index (χ1n) is 17.8. The molecule has 0 aliphatic carbocycles. The van der Waals surface area contributed by atoms with E-state index in [1.807, 2.05) is 18.2 Å². The summed E-state index contributed by atoms with van der Waals surface area (Å²) in [6.45, 7) is 4.19. The van der Waals surface area contributed by atoms with Gasteiger partial charge in [-0.25, -0.2) is 19.3 Å². The SMILES string of the molecule is Cc1nc(-c2nc(-c3ccc(OC(F)(F)F)cc3)no2)nn1Cc1cccc(N)c1.Cc1nc(-c2nc(-c3ccc(OC(F)(F)F)cc3)no2)nn1Cc1cccc([N+](=O)[O-])c1. The Hall–Kier alpha value is -8.18. The number of nitrogens with zero attached hydrogens (tertiary/aromatic N) is 11. The number of ether oxygens (including phenoxy) is 2. The van der Waals surface area contributed by atoms with Gasteiger partial charge in [0.25, 0.3) is 17.5 Å². The highest BCUT2D eigenvalue weighted by Crippen LogP contribution is 2.28. The molecule has 318 valence electrons. The molecule has 4 heterocycles. The lowest BCUT2D eigenvalue weighted by Gasteiger charge is -2.08. The number of nitro benzene ring substituents is 1. The molecule has 0 saturated carbocycles. The summed E-state index contributed by atoms with van der Waals surface area (Å²) in [5.74, 6) is 1.25. The highest BCUT2D eigenvalue weighted by atomic mass is 19.4. The van der Waals surface area contributed by atoms with E-state index in [1.54, 1.807) is 36.7 Å². The van der Waals surface area contributed by atoms with Gasteiger partial charge in [0.1, 0.15) is 23.1 Å². The van der Waals surface area contributed by atoms with Gasteiger partial charge in [-0.1, -0.05) is 34.6 Å². The van der Waals surface area contributed by atoms with Gasteiger partial charge < -0.3 is 24.3 Å². The number of aromatic nitrogens is 10. The Labute approximate surface area is 343 Å². The number of nitro groups is 1. The number of alkyl halides is 6. The molecule has 4 aromatic heterocycles. The standard InChI is InChI=1S/C19H13F3N6O4.C19H15F3N6O2/c1-11-23-17(25-27(11)10-12-3-2-4-14(9-12)28(29)30)18-24-16(26-32-18)13-5-7-15(8-6-13)31-19(20,21)22;1-11-24-17(26-28(11)10-12-3-2-4-14(23)9-12)18-25-16(27-30-18)13-5-7-15(8-6-13)29-19(20,21)22/h2-9H,10H2,1H3;2-9H,10,23H2,1H3. The van der Waals surface area contributed by atoms with Crippen LogP contribution in [-0.4, -0.2) is 67.5 Å². The van der Waals surface area contributed by atoms with Gasteiger partial charge >= 0.3 is 12.7 Å². The van der Waals surface area contributed by atoms with E-state index >= 15 is 0 Å². The molecule has 24 heteroatoms. The fourth-order valence-electron chi connectivity index (χ4n) is 5.60. The van der Waals surface area contributed by atoms with Crippen LogP contribution in [0, 0.1) is 24.0 Å². The number of rotatable bonds is 11. The molecule has 0 aliphatic rings. The van der Waals surface area contributed by atoms with Crippen molar-refractivity contribution in [2.75, 3.05) is 5.73 Å². The lowest BCUT2D eigenvalue weighted by molar-refractivity contribution is -0.384. The normalized spacial score (nSPS) is 11.5. The van der Waals surface area contributed by atoms with Crippen molar-refractivity contribution in [2.24, 2.45) is 0 Å². The Morgan fingerprint density at radius 3 is 1.48 bits per heavy atom. The zero-order valence-electron chi connectivity index (χ0n) is 31.9. The highest BCUT2D eigenvalue weighted by Gasteiger charge is 2.32. The zero-order valence-corrected chi connectivity index (χ0v) is 31.9. The molecule has 62 heavy (non-hydrogen) atoms. The van der Waals surface area contributed by atoms with Crippen molar-refractivity contribution in [3.8, 4) is 57.7 Å². The van der Waals surface area contributed by atoms with Crippen molar-refractivity contribution >= 4 is 11.4 Å². The molecule has 0 unspecified atom stereocenters. The van der Waals surface area contributed by atoms with E-state index in [9.17, 15) is 36.5 Å². The van der Waals surface area contributed by atoms with E-state index in [2.05, 4.69) is 49.9 Å². The number of aryl methyl sites for hydroxylation is 2. The molecule has 0 fully saturated rings. The summed E-state index contributed by atoms with van der Waals surface area (Å²) >= 11 is 0. The number of nitrogens with two attached hydrogens (primary N) is 1. The number of hydrogen-bond donors (Lipinski definition) is 1. The molecule has 0 amide bonds.